The van der Waals surface area contributed by atoms with Crippen molar-refractivity contribution in [1.29, 1.82) is 0 Å². The third-order valence-corrected chi connectivity index (χ3v) is 5.07. The molecule has 2 fully saturated rings. The molecule has 1 aliphatic heterocycles. The first kappa shape index (κ1) is 14.3. The number of nitrogens with one attached hydrogen (secondary N) is 1. The van der Waals surface area contributed by atoms with Crippen LogP contribution in [-0.4, -0.2) is 55.6 Å². The fourth-order valence-electron chi connectivity index (χ4n) is 3.64. The zero-order chi connectivity index (χ0) is 13.1. The van der Waals surface area contributed by atoms with Gasteiger partial charge in [0.25, 0.3) is 0 Å². The number of piperazine rings is 1. The Morgan fingerprint density at radius 1 is 1.11 bits per heavy atom. The van der Waals surface area contributed by atoms with Gasteiger partial charge in [-0.25, -0.2) is 0 Å². The Hall–Kier alpha value is -0.160. The molecule has 0 spiro atoms. The summed E-state index contributed by atoms with van der Waals surface area (Å²) in [6.07, 6.45) is 5.42. The molecule has 2 aliphatic rings. The molecule has 0 aromatic rings. The molecule has 1 aliphatic carbocycles. The largest absolute Gasteiger partial charge is 0.303 e. The average molecular weight is 254 g/mol. The summed E-state index contributed by atoms with van der Waals surface area (Å²) in [5.41, 5.74) is 3.14. The lowest BCUT2D eigenvalue weighted by Crippen LogP contribution is -2.62. The number of hydrogen-bond donors (Lipinski definition) is 2. The van der Waals surface area contributed by atoms with Crippen LogP contribution in [0.3, 0.4) is 0 Å². The van der Waals surface area contributed by atoms with Crippen LogP contribution in [0.4, 0.5) is 0 Å². The Morgan fingerprint density at radius 3 is 2.39 bits per heavy atom. The van der Waals surface area contributed by atoms with Crippen molar-refractivity contribution in [3.63, 3.8) is 0 Å². The number of rotatable bonds is 3. The number of hydrogen-bond acceptors (Lipinski definition) is 4. The van der Waals surface area contributed by atoms with Gasteiger partial charge in [-0.3, -0.25) is 16.2 Å². The molecule has 0 bridgehead atoms. The highest BCUT2D eigenvalue weighted by atomic mass is 15.3. The molecule has 0 amide bonds. The molecule has 0 aromatic carbocycles. The highest BCUT2D eigenvalue weighted by molar-refractivity contribution is 4.93. The van der Waals surface area contributed by atoms with Crippen LogP contribution in [-0.2, 0) is 0 Å². The van der Waals surface area contributed by atoms with Crippen LogP contribution in [0, 0.1) is 11.8 Å². The maximum atomic E-state index is 5.88. The molecule has 0 radical (unpaired) electrons. The van der Waals surface area contributed by atoms with E-state index in [2.05, 4.69) is 36.2 Å². The van der Waals surface area contributed by atoms with E-state index >= 15 is 0 Å². The van der Waals surface area contributed by atoms with E-state index in [1.54, 1.807) is 0 Å². The van der Waals surface area contributed by atoms with Crippen LogP contribution in [0.2, 0.25) is 0 Å². The van der Waals surface area contributed by atoms with Crippen molar-refractivity contribution >= 4 is 0 Å². The second kappa shape index (κ2) is 6.33. The first-order valence-corrected chi connectivity index (χ1v) is 7.46. The first-order chi connectivity index (χ1) is 8.61. The zero-order valence-electron chi connectivity index (χ0n) is 12.2. The minimum absolute atomic E-state index is 0.449. The zero-order valence-corrected chi connectivity index (χ0v) is 12.2. The summed E-state index contributed by atoms with van der Waals surface area (Å²) >= 11 is 0. The summed E-state index contributed by atoms with van der Waals surface area (Å²) in [4.78, 5) is 4.92. The number of nitrogens with two attached hydrogens (primary N) is 1. The Balaban J connectivity index is 1.98. The molecule has 1 heterocycles. The summed E-state index contributed by atoms with van der Waals surface area (Å²) < 4.78 is 0. The molecule has 3 N–H and O–H groups in total. The van der Waals surface area contributed by atoms with Gasteiger partial charge in [-0.05, 0) is 38.8 Å². The maximum absolute atomic E-state index is 5.88. The summed E-state index contributed by atoms with van der Waals surface area (Å²) in [6.45, 7) is 5.84. The van der Waals surface area contributed by atoms with Crippen molar-refractivity contribution in [3.8, 4) is 0 Å². The smallest absolute Gasteiger partial charge is 0.0406 e. The fraction of sp³-hybridized carbons (Fsp3) is 1.00. The quantitative estimate of drug-likeness (QED) is 0.580. The molecular formula is C14H30N4. The van der Waals surface area contributed by atoms with Gasteiger partial charge in [0, 0.05) is 31.7 Å². The minimum atomic E-state index is 0.449. The monoisotopic (exact) mass is 254 g/mol. The van der Waals surface area contributed by atoms with E-state index in [0.717, 1.165) is 24.9 Å². The topological polar surface area (TPSA) is 44.5 Å². The van der Waals surface area contributed by atoms with Gasteiger partial charge in [-0.1, -0.05) is 19.8 Å². The van der Waals surface area contributed by atoms with Crippen molar-refractivity contribution in [2.24, 2.45) is 17.7 Å². The van der Waals surface area contributed by atoms with E-state index in [1.807, 2.05) is 0 Å². The Morgan fingerprint density at radius 2 is 1.78 bits per heavy atom. The van der Waals surface area contributed by atoms with Gasteiger partial charge in [-0.15, -0.1) is 0 Å². The van der Waals surface area contributed by atoms with Gasteiger partial charge in [0.05, 0.1) is 0 Å². The van der Waals surface area contributed by atoms with Gasteiger partial charge < -0.3 is 4.90 Å². The maximum Gasteiger partial charge on any atom is 0.0406 e. The van der Waals surface area contributed by atoms with Crippen LogP contribution in [0.15, 0.2) is 0 Å². The lowest BCUT2D eigenvalue weighted by atomic mass is 9.77. The van der Waals surface area contributed by atoms with Crippen molar-refractivity contribution in [1.82, 2.24) is 15.2 Å². The van der Waals surface area contributed by atoms with Crippen molar-refractivity contribution in [2.45, 2.75) is 44.7 Å². The number of likely N-dealkylation sites (N-methyl/N-ethyl adjacent to an activating group) is 2. The van der Waals surface area contributed by atoms with E-state index in [9.17, 15) is 0 Å². The molecule has 18 heavy (non-hydrogen) atoms. The molecule has 1 saturated carbocycles. The van der Waals surface area contributed by atoms with Crippen molar-refractivity contribution < 1.29 is 0 Å². The first-order valence-electron chi connectivity index (χ1n) is 7.46. The molecule has 106 valence electrons. The number of nitrogens with zero attached hydrogens (tertiary/aromatic N) is 2. The molecule has 1 saturated heterocycles. The van der Waals surface area contributed by atoms with E-state index in [0.29, 0.717) is 12.1 Å². The summed E-state index contributed by atoms with van der Waals surface area (Å²) in [5.74, 6) is 7.55. The lowest BCUT2D eigenvalue weighted by Gasteiger charge is -2.45. The minimum Gasteiger partial charge on any atom is -0.303 e. The molecule has 4 heteroatoms. The average Bonchev–Trinajstić information content (AvgIpc) is 2.37. The van der Waals surface area contributed by atoms with E-state index in [1.165, 1.54) is 32.2 Å². The third kappa shape index (κ3) is 3.23. The molecule has 0 aromatic heterocycles. The van der Waals surface area contributed by atoms with Gasteiger partial charge in [0.15, 0.2) is 0 Å². The Kier molecular flexibility index (Phi) is 5.01. The van der Waals surface area contributed by atoms with E-state index < -0.39 is 0 Å². The summed E-state index contributed by atoms with van der Waals surface area (Å²) in [5, 5.41) is 0. The van der Waals surface area contributed by atoms with Crippen LogP contribution in [0.25, 0.3) is 0 Å². The Bertz CT molecular complexity index is 250. The van der Waals surface area contributed by atoms with E-state index in [4.69, 9.17) is 5.84 Å². The number of hydrazine groups is 1. The molecule has 4 nitrogen and oxygen atoms in total. The standard InChI is InChI=1S/C14H30N4/c1-11-4-6-12(7-5-11)14(16-15)13-10-17(2)8-9-18(13)3/h11-14,16H,4-10,15H2,1-3H3. The van der Waals surface area contributed by atoms with Crippen LogP contribution >= 0.6 is 0 Å². The van der Waals surface area contributed by atoms with Crippen LogP contribution in [0.5, 0.6) is 0 Å². The highest BCUT2D eigenvalue weighted by Crippen LogP contribution is 2.32. The van der Waals surface area contributed by atoms with Gasteiger partial charge in [-0.2, -0.15) is 0 Å². The molecule has 2 rings (SSSR count). The second-order valence-corrected chi connectivity index (χ2v) is 6.52. The van der Waals surface area contributed by atoms with Gasteiger partial charge in [0.2, 0.25) is 0 Å². The van der Waals surface area contributed by atoms with Crippen LogP contribution in [0.1, 0.15) is 32.6 Å². The SMILES string of the molecule is CC1CCC(C(NN)C2CN(C)CCN2C)CC1. The second-order valence-electron chi connectivity index (χ2n) is 6.52. The van der Waals surface area contributed by atoms with Gasteiger partial charge >= 0.3 is 0 Å². The summed E-state index contributed by atoms with van der Waals surface area (Å²) in [6, 6.07) is 1.01. The molecule has 2 atom stereocenters. The predicted molar refractivity (Wildman–Crippen MR) is 76.1 cm³/mol. The van der Waals surface area contributed by atoms with E-state index in [-0.39, 0.29) is 0 Å². The predicted octanol–water partition coefficient (Wildman–Crippen LogP) is 0.890. The molecule has 2 unspecified atom stereocenters. The highest BCUT2D eigenvalue weighted by Gasteiger charge is 2.35. The van der Waals surface area contributed by atoms with Gasteiger partial charge in [0.1, 0.15) is 0 Å². The summed E-state index contributed by atoms with van der Waals surface area (Å²) in [7, 11) is 4.46. The fourth-order valence-corrected chi connectivity index (χ4v) is 3.64. The Labute approximate surface area is 112 Å². The van der Waals surface area contributed by atoms with Crippen molar-refractivity contribution in [3.05, 3.63) is 0 Å². The lowest BCUT2D eigenvalue weighted by molar-refractivity contribution is 0.0587. The van der Waals surface area contributed by atoms with Crippen LogP contribution < -0.4 is 11.3 Å². The normalized spacial score (nSPS) is 37.7. The third-order valence-electron chi connectivity index (χ3n) is 5.07. The van der Waals surface area contributed by atoms with Crippen molar-refractivity contribution in [2.75, 3.05) is 33.7 Å². The molecular weight excluding hydrogens is 224 g/mol.